The van der Waals surface area contributed by atoms with Gasteiger partial charge in [-0.2, -0.15) is 0 Å². The predicted molar refractivity (Wildman–Crippen MR) is 100 cm³/mol. The number of anilines is 1. The number of hydrogen-bond donors (Lipinski definition) is 2. The molecule has 2 aromatic heterocycles. The van der Waals surface area contributed by atoms with Crippen molar-refractivity contribution in [2.24, 2.45) is 0 Å². The highest BCUT2D eigenvalue weighted by Crippen LogP contribution is 2.25. The largest absolute Gasteiger partial charge is 0.322 e. The van der Waals surface area contributed by atoms with Gasteiger partial charge < -0.3 is 4.98 Å². The third-order valence-corrected chi connectivity index (χ3v) is 4.55. The fourth-order valence-electron chi connectivity index (χ4n) is 2.63. The van der Waals surface area contributed by atoms with Gasteiger partial charge in [-0.1, -0.05) is 48.5 Å². The minimum Gasteiger partial charge on any atom is -0.322 e. The fourth-order valence-corrected chi connectivity index (χ4v) is 3.34. The number of carbonyl (C=O) groups is 1. The Labute approximate surface area is 147 Å². The van der Waals surface area contributed by atoms with Gasteiger partial charge >= 0.3 is 0 Å². The molecular weight excluding hydrogens is 334 g/mol. The van der Waals surface area contributed by atoms with Gasteiger partial charge in [-0.3, -0.25) is 14.9 Å². The van der Waals surface area contributed by atoms with Gasteiger partial charge in [0.1, 0.15) is 0 Å². The van der Waals surface area contributed by atoms with Crippen LogP contribution >= 0.6 is 11.3 Å². The number of nitrogens with one attached hydrogen (secondary N) is 2. The van der Waals surface area contributed by atoms with Crippen molar-refractivity contribution in [1.29, 1.82) is 0 Å². The molecular formula is C19H13N3O2S. The van der Waals surface area contributed by atoms with Crippen LogP contribution in [0.1, 0.15) is 10.4 Å². The number of H-pyrrole nitrogens is 1. The second kappa shape index (κ2) is 6.33. The number of benzene rings is 2. The van der Waals surface area contributed by atoms with Crippen LogP contribution in [0.25, 0.3) is 22.2 Å². The van der Waals surface area contributed by atoms with Crippen molar-refractivity contribution in [2.45, 2.75) is 0 Å². The summed E-state index contributed by atoms with van der Waals surface area (Å²) in [7, 11) is 0. The molecule has 0 fully saturated rings. The zero-order valence-corrected chi connectivity index (χ0v) is 13.8. The molecule has 0 spiro atoms. The average Bonchev–Trinajstić information content (AvgIpc) is 3.10. The molecule has 1 amide bonds. The van der Waals surface area contributed by atoms with Crippen molar-refractivity contribution in [3.63, 3.8) is 0 Å². The number of aromatic amines is 1. The number of aromatic nitrogens is 2. The molecule has 0 atom stereocenters. The summed E-state index contributed by atoms with van der Waals surface area (Å²) < 4.78 is 0. The van der Waals surface area contributed by atoms with Gasteiger partial charge in [0.15, 0.2) is 5.13 Å². The van der Waals surface area contributed by atoms with E-state index in [1.54, 1.807) is 12.1 Å². The van der Waals surface area contributed by atoms with Gasteiger partial charge in [-0.25, -0.2) is 4.98 Å². The quantitative estimate of drug-likeness (QED) is 0.590. The number of pyridine rings is 1. The van der Waals surface area contributed by atoms with Gasteiger partial charge in [-0.15, -0.1) is 11.3 Å². The van der Waals surface area contributed by atoms with E-state index in [0.29, 0.717) is 21.6 Å². The summed E-state index contributed by atoms with van der Waals surface area (Å²) in [4.78, 5) is 31.6. The molecule has 0 aliphatic rings. The Morgan fingerprint density at radius 1 is 1.04 bits per heavy atom. The molecule has 0 radical (unpaired) electrons. The molecule has 0 saturated heterocycles. The monoisotopic (exact) mass is 347 g/mol. The van der Waals surface area contributed by atoms with E-state index in [-0.39, 0.29) is 11.5 Å². The summed E-state index contributed by atoms with van der Waals surface area (Å²) in [6.07, 6.45) is 0. The van der Waals surface area contributed by atoms with Crippen LogP contribution in [-0.2, 0) is 0 Å². The van der Waals surface area contributed by atoms with E-state index in [1.165, 1.54) is 17.4 Å². The van der Waals surface area contributed by atoms with Crippen molar-refractivity contribution in [3.05, 3.63) is 82.0 Å². The highest BCUT2D eigenvalue weighted by Gasteiger charge is 2.14. The van der Waals surface area contributed by atoms with Gasteiger partial charge in [0.25, 0.3) is 5.91 Å². The second-order valence-corrected chi connectivity index (χ2v) is 6.31. The lowest BCUT2D eigenvalue weighted by molar-refractivity contribution is 0.102. The standard InChI is InChI=1S/C19H13N3O2S/c23-17-10-14(13-8-4-5-9-15(13)20-17)18(24)22-19-21-16(11-25-19)12-6-2-1-3-7-12/h1-11H,(H,20,23)(H,21,22,24). The molecule has 0 saturated carbocycles. The number of rotatable bonds is 3. The topological polar surface area (TPSA) is 74.8 Å². The maximum absolute atomic E-state index is 12.6. The van der Waals surface area contributed by atoms with Crippen molar-refractivity contribution in [2.75, 3.05) is 5.32 Å². The molecule has 6 heteroatoms. The van der Waals surface area contributed by atoms with Crippen LogP contribution in [0.3, 0.4) is 0 Å². The van der Waals surface area contributed by atoms with Gasteiger partial charge in [0.05, 0.1) is 11.3 Å². The van der Waals surface area contributed by atoms with E-state index in [9.17, 15) is 9.59 Å². The van der Waals surface area contributed by atoms with Crippen LogP contribution in [0.5, 0.6) is 0 Å². The first-order valence-corrected chi connectivity index (χ1v) is 8.53. The number of para-hydroxylation sites is 1. The lowest BCUT2D eigenvalue weighted by Crippen LogP contribution is -2.16. The molecule has 5 nitrogen and oxygen atoms in total. The smallest absolute Gasteiger partial charge is 0.258 e. The molecule has 4 aromatic rings. The van der Waals surface area contributed by atoms with Gasteiger partial charge in [0, 0.05) is 27.9 Å². The number of nitrogens with zero attached hydrogens (tertiary/aromatic N) is 1. The minimum atomic E-state index is -0.351. The summed E-state index contributed by atoms with van der Waals surface area (Å²) in [5.74, 6) is -0.351. The Hall–Kier alpha value is -3.25. The molecule has 2 heterocycles. The minimum absolute atomic E-state index is 0.312. The summed E-state index contributed by atoms with van der Waals surface area (Å²) in [5.41, 5.74) is 2.44. The Bertz CT molecular complexity index is 1120. The van der Waals surface area contributed by atoms with Crippen LogP contribution in [0, 0.1) is 0 Å². The van der Waals surface area contributed by atoms with E-state index < -0.39 is 0 Å². The number of amides is 1. The first kappa shape index (κ1) is 15.3. The summed E-state index contributed by atoms with van der Waals surface area (Å²) in [6, 6.07) is 18.3. The van der Waals surface area contributed by atoms with Crippen molar-refractivity contribution >= 4 is 33.3 Å². The fraction of sp³-hybridized carbons (Fsp3) is 0. The van der Waals surface area contributed by atoms with Crippen LogP contribution in [0.4, 0.5) is 5.13 Å². The van der Waals surface area contributed by atoms with Crippen molar-refractivity contribution in [3.8, 4) is 11.3 Å². The predicted octanol–water partition coefficient (Wildman–Crippen LogP) is 3.90. The maximum Gasteiger partial charge on any atom is 0.258 e. The third-order valence-electron chi connectivity index (χ3n) is 3.79. The number of carbonyl (C=O) groups excluding carboxylic acids is 1. The first-order chi connectivity index (χ1) is 12.2. The zero-order chi connectivity index (χ0) is 17.2. The molecule has 4 rings (SSSR count). The maximum atomic E-state index is 12.6. The number of hydrogen-bond acceptors (Lipinski definition) is 4. The average molecular weight is 347 g/mol. The van der Waals surface area contributed by atoms with E-state index in [2.05, 4.69) is 15.3 Å². The van der Waals surface area contributed by atoms with E-state index in [4.69, 9.17) is 0 Å². The summed E-state index contributed by atoms with van der Waals surface area (Å²) in [6.45, 7) is 0. The Kier molecular flexibility index (Phi) is 3.87. The normalized spacial score (nSPS) is 10.7. The molecule has 0 aliphatic heterocycles. The molecule has 122 valence electrons. The molecule has 2 aromatic carbocycles. The second-order valence-electron chi connectivity index (χ2n) is 5.45. The molecule has 0 bridgehead atoms. The van der Waals surface area contributed by atoms with Crippen LogP contribution < -0.4 is 10.9 Å². The van der Waals surface area contributed by atoms with E-state index in [1.807, 2.05) is 47.8 Å². The van der Waals surface area contributed by atoms with E-state index >= 15 is 0 Å². The molecule has 0 aliphatic carbocycles. The van der Waals surface area contributed by atoms with E-state index in [0.717, 1.165) is 11.3 Å². The third kappa shape index (κ3) is 3.07. The highest BCUT2D eigenvalue weighted by molar-refractivity contribution is 7.14. The van der Waals surface area contributed by atoms with Gasteiger partial charge in [0.2, 0.25) is 5.56 Å². The molecule has 25 heavy (non-hydrogen) atoms. The summed E-state index contributed by atoms with van der Waals surface area (Å²) >= 11 is 1.35. The van der Waals surface area contributed by atoms with Crippen LogP contribution in [0.2, 0.25) is 0 Å². The van der Waals surface area contributed by atoms with Crippen LogP contribution in [-0.4, -0.2) is 15.9 Å². The Morgan fingerprint density at radius 2 is 1.80 bits per heavy atom. The van der Waals surface area contributed by atoms with Crippen molar-refractivity contribution < 1.29 is 4.79 Å². The van der Waals surface area contributed by atoms with Crippen LogP contribution in [0.15, 0.2) is 70.8 Å². The molecule has 0 unspecified atom stereocenters. The Balaban J connectivity index is 1.65. The lowest BCUT2D eigenvalue weighted by Gasteiger charge is -2.05. The zero-order valence-electron chi connectivity index (χ0n) is 13.0. The molecule has 2 N–H and O–H groups in total. The SMILES string of the molecule is O=C(Nc1nc(-c2ccccc2)cs1)c1cc(=O)[nH]c2ccccc12. The lowest BCUT2D eigenvalue weighted by atomic mass is 10.1. The first-order valence-electron chi connectivity index (χ1n) is 7.65. The highest BCUT2D eigenvalue weighted by atomic mass is 32.1. The number of fused-ring (bicyclic) bond motifs is 1. The number of thiazole rings is 1. The van der Waals surface area contributed by atoms with Gasteiger partial charge in [-0.05, 0) is 6.07 Å². The van der Waals surface area contributed by atoms with Crippen molar-refractivity contribution in [1.82, 2.24) is 9.97 Å². The Morgan fingerprint density at radius 3 is 2.64 bits per heavy atom. The summed E-state index contributed by atoms with van der Waals surface area (Å²) in [5, 5.41) is 5.86.